The lowest BCUT2D eigenvalue weighted by molar-refractivity contribution is -0.123. The van der Waals surface area contributed by atoms with Crippen molar-refractivity contribution in [3.05, 3.63) is 86.7 Å². The molecule has 1 aliphatic heterocycles. The van der Waals surface area contributed by atoms with Crippen LogP contribution in [0.1, 0.15) is 38.1 Å². The molecule has 2 amide bonds. The third-order valence-corrected chi connectivity index (χ3v) is 5.38. The molecule has 1 atom stereocenters. The maximum atomic E-state index is 13.9. The van der Waals surface area contributed by atoms with Gasteiger partial charge in [-0.05, 0) is 42.5 Å². The third-order valence-electron chi connectivity index (χ3n) is 4.81. The van der Waals surface area contributed by atoms with Crippen LogP contribution < -0.4 is 10.6 Å². The number of carbonyl (C=O) groups excluding carboxylic acids is 3. The highest BCUT2D eigenvalue weighted by Gasteiger charge is 2.33. The number of nitrogens with one attached hydrogen (secondary N) is 2. The second kappa shape index (κ2) is 8.13. The largest absolute Gasteiger partial charge is 0.342 e. The summed E-state index contributed by atoms with van der Waals surface area (Å²) < 4.78 is 29.0. The molecule has 2 N–H and O–H groups in total. The van der Waals surface area contributed by atoms with Crippen molar-refractivity contribution in [2.24, 2.45) is 0 Å². The molecule has 6 nitrogen and oxygen atoms in total. The molecule has 4 rings (SSSR count). The van der Waals surface area contributed by atoms with Crippen molar-refractivity contribution in [1.29, 1.82) is 0 Å². The molecule has 0 aliphatic carbocycles. The summed E-state index contributed by atoms with van der Waals surface area (Å²) in [6.07, 6.45) is 0.529. The number of amides is 2. The number of halogens is 4. The van der Waals surface area contributed by atoms with Gasteiger partial charge in [0, 0.05) is 21.2 Å². The zero-order chi connectivity index (χ0) is 22.3. The van der Waals surface area contributed by atoms with Gasteiger partial charge in [0.2, 0.25) is 5.91 Å². The average molecular weight is 464 g/mol. The van der Waals surface area contributed by atoms with Crippen molar-refractivity contribution in [3.63, 3.8) is 0 Å². The molecule has 158 valence electrons. The molecule has 3 aromatic rings. The smallest absolute Gasteiger partial charge is 0.255 e. The molecular weight excluding hydrogens is 451 g/mol. The number of hydrogen-bond acceptors (Lipinski definition) is 3. The SMILES string of the molecule is O=Cc1cc(NC(=O)c2cc(F)cc(Cl)c2)c2n1CC(=O)NC2c1cc(F)ccc1Cl. The maximum Gasteiger partial charge on any atom is 0.255 e. The van der Waals surface area contributed by atoms with Crippen LogP contribution in [0.15, 0.2) is 42.5 Å². The van der Waals surface area contributed by atoms with Crippen LogP contribution in [0.4, 0.5) is 14.5 Å². The van der Waals surface area contributed by atoms with Gasteiger partial charge in [0.1, 0.15) is 18.2 Å². The van der Waals surface area contributed by atoms with Crippen molar-refractivity contribution in [2.45, 2.75) is 12.6 Å². The van der Waals surface area contributed by atoms with E-state index in [1.54, 1.807) is 0 Å². The molecule has 0 spiro atoms. The van der Waals surface area contributed by atoms with Crippen LogP contribution in [0.5, 0.6) is 0 Å². The lowest BCUT2D eigenvalue weighted by Gasteiger charge is -2.28. The Hall–Kier alpha value is -3.23. The van der Waals surface area contributed by atoms with Crippen molar-refractivity contribution in [1.82, 2.24) is 9.88 Å². The molecule has 1 aromatic heterocycles. The predicted octanol–water partition coefficient (Wildman–Crippen LogP) is 4.36. The Kier molecular flexibility index (Phi) is 5.51. The minimum Gasteiger partial charge on any atom is -0.342 e. The molecule has 0 radical (unpaired) electrons. The number of anilines is 1. The Morgan fingerprint density at radius 1 is 1.13 bits per heavy atom. The van der Waals surface area contributed by atoms with Gasteiger partial charge >= 0.3 is 0 Å². The Bertz CT molecular complexity index is 1220. The van der Waals surface area contributed by atoms with Crippen molar-refractivity contribution in [2.75, 3.05) is 5.32 Å². The van der Waals surface area contributed by atoms with Gasteiger partial charge in [-0.25, -0.2) is 8.78 Å². The number of hydrogen-bond donors (Lipinski definition) is 2. The quantitative estimate of drug-likeness (QED) is 0.564. The van der Waals surface area contributed by atoms with Crippen LogP contribution in [-0.2, 0) is 11.3 Å². The fourth-order valence-corrected chi connectivity index (χ4v) is 3.98. The first-order chi connectivity index (χ1) is 14.8. The van der Waals surface area contributed by atoms with Crippen LogP contribution in [-0.4, -0.2) is 22.7 Å². The topological polar surface area (TPSA) is 80.2 Å². The molecule has 2 aromatic carbocycles. The number of benzene rings is 2. The van der Waals surface area contributed by atoms with Crippen LogP contribution in [0.3, 0.4) is 0 Å². The lowest BCUT2D eigenvalue weighted by Crippen LogP contribution is -2.40. The van der Waals surface area contributed by atoms with E-state index in [1.165, 1.54) is 28.8 Å². The van der Waals surface area contributed by atoms with Crippen LogP contribution >= 0.6 is 23.2 Å². The zero-order valence-corrected chi connectivity index (χ0v) is 17.1. The molecular formula is C21H13Cl2F2N3O3. The molecule has 0 bridgehead atoms. The predicted molar refractivity (Wildman–Crippen MR) is 111 cm³/mol. The summed E-state index contributed by atoms with van der Waals surface area (Å²) in [5.41, 5.74) is 0.825. The normalized spacial score (nSPS) is 15.2. The fourth-order valence-electron chi connectivity index (χ4n) is 3.53. The summed E-state index contributed by atoms with van der Waals surface area (Å²) in [6, 6.07) is 7.45. The Morgan fingerprint density at radius 2 is 1.90 bits per heavy atom. The molecule has 2 heterocycles. The van der Waals surface area contributed by atoms with Gasteiger partial charge in [0.15, 0.2) is 6.29 Å². The van der Waals surface area contributed by atoms with E-state index in [2.05, 4.69) is 10.6 Å². The van der Waals surface area contributed by atoms with E-state index in [4.69, 9.17) is 23.2 Å². The first-order valence-electron chi connectivity index (χ1n) is 8.97. The van der Waals surface area contributed by atoms with Crippen molar-refractivity contribution in [3.8, 4) is 0 Å². The molecule has 0 saturated carbocycles. The van der Waals surface area contributed by atoms with E-state index in [-0.39, 0.29) is 39.1 Å². The molecule has 0 saturated heterocycles. The highest BCUT2D eigenvalue weighted by molar-refractivity contribution is 6.31. The third kappa shape index (κ3) is 4.04. The van der Waals surface area contributed by atoms with Gasteiger partial charge in [-0.15, -0.1) is 0 Å². The Labute approximate surface area is 184 Å². The highest BCUT2D eigenvalue weighted by Crippen LogP contribution is 2.37. The van der Waals surface area contributed by atoms with E-state index >= 15 is 0 Å². The van der Waals surface area contributed by atoms with Gasteiger partial charge in [0.25, 0.3) is 5.91 Å². The van der Waals surface area contributed by atoms with E-state index in [9.17, 15) is 23.2 Å². The number of nitrogens with zero attached hydrogens (tertiary/aromatic N) is 1. The lowest BCUT2D eigenvalue weighted by atomic mass is 10.0. The van der Waals surface area contributed by atoms with E-state index < -0.39 is 29.5 Å². The minimum absolute atomic E-state index is 0.0364. The molecule has 31 heavy (non-hydrogen) atoms. The molecule has 10 heteroatoms. The van der Waals surface area contributed by atoms with Gasteiger partial charge < -0.3 is 15.2 Å². The number of rotatable bonds is 4. The van der Waals surface area contributed by atoms with E-state index in [1.807, 2.05) is 0 Å². The second-order valence-corrected chi connectivity index (χ2v) is 7.69. The van der Waals surface area contributed by atoms with Crippen LogP contribution in [0.2, 0.25) is 10.0 Å². The summed E-state index contributed by atoms with van der Waals surface area (Å²) in [4.78, 5) is 36.6. The number of aldehydes is 1. The van der Waals surface area contributed by atoms with Crippen molar-refractivity contribution >= 4 is 47.0 Å². The number of aromatic nitrogens is 1. The highest BCUT2D eigenvalue weighted by atomic mass is 35.5. The van der Waals surface area contributed by atoms with Gasteiger partial charge in [-0.1, -0.05) is 23.2 Å². The maximum absolute atomic E-state index is 13.9. The Morgan fingerprint density at radius 3 is 2.61 bits per heavy atom. The van der Waals surface area contributed by atoms with E-state index in [0.29, 0.717) is 12.0 Å². The zero-order valence-electron chi connectivity index (χ0n) is 15.6. The monoisotopic (exact) mass is 463 g/mol. The first kappa shape index (κ1) is 21.0. The molecule has 0 fully saturated rings. The van der Waals surface area contributed by atoms with Gasteiger partial charge in [0.05, 0.1) is 23.1 Å². The van der Waals surface area contributed by atoms with Crippen molar-refractivity contribution < 1.29 is 23.2 Å². The summed E-state index contributed by atoms with van der Waals surface area (Å²) in [5, 5.41) is 5.54. The molecule has 1 aliphatic rings. The average Bonchev–Trinajstić information content (AvgIpc) is 3.05. The summed E-state index contributed by atoms with van der Waals surface area (Å²) >= 11 is 12.1. The molecule has 1 unspecified atom stereocenters. The van der Waals surface area contributed by atoms with Gasteiger partial charge in [-0.3, -0.25) is 14.4 Å². The standard InChI is InChI=1S/C21H13Cl2F2N3O3/c22-11-3-10(4-13(25)5-11)21(31)26-17-7-14(9-29)28-8-18(30)27-19(20(17)28)15-6-12(24)1-2-16(15)23/h1-7,9,19H,8H2,(H,26,31)(H,27,30). The summed E-state index contributed by atoms with van der Waals surface area (Å²) in [5.74, 6) is -2.38. The van der Waals surface area contributed by atoms with Crippen LogP contribution in [0, 0.1) is 11.6 Å². The fraction of sp³-hybridized carbons (Fsp3) is 0.0952. The minimum atomic E-state index is -0.940. The van der Waals surface area contributed by atoms with Crippen LogP contribution in [0.25, 0.3) is 0 Å². The number of fused-ring (bicyclic) bond motifs is 1. The number of carbonyl (C=O) groups is 3. The first-order valence-corrected chi connectivity index (χ1v) is 9.72. The van der Waals surface area contributed by atoms with E-state index in [0.717, 1.165) is 18.2 Å². The Balaban J connectivity index is 1.82. The summed E-state index contributed by atoms with van der Waals surface area (Å²) in [6.45, 7) is -0.186. The second-order valence-electron chi connectivity index (χ2n) is 6.85. The summed E-state index contributed by atoms with van der Waals surface area (Å²) in [7, 11) is 0. The van der Waals surface area contributed by atoms with Gasteiger partial charge in [-0.2, -0.15) is 0 Å².